The van der Waals surface area contributed by atoms with Crippen LogP contribution >= 0.6 is 11.6 Å². The normalized spacial score (nSPS) is 8.83. The second-order valence-corrected chi connectivity index (χ2v) is 2.86. The average Bonchev–Trinajstić information content (AvgIpc) is 2.09. The van der Waals surface area contributed by atoms with E-state index in [1.54, 1.807) is 0 Å². The zero-order valence-corrected chi connectivity index (χ0v) is 7.86. The summed E-state index contributed by atoms with van der Waals surface area (Å²) < 4.78 is 0. The minimum atomic E-state index is 0.423. The molecule has 0 N–H and O–H groups in total. The maximum atomic E-state index is 5.43. The molecule has 0 saturated heterocycles. The van der Waals surface area contributed by atoms with Gasteiger partial charge >= 0.3 is 0 Å². The van der Waals surface area contributed by atoms with E-state index in [2.05, 4.69) is 30.9 Å². The monoisotopic (exact) mass is 178 g/mol. The van der Waals surface area contributed by atoms with Crippen LogP contribution in [0, 0.1) is 18.8 Å². The lowest BCUT2D eigenvalue weighted by Gasteiger charge is -1.98. The van der Waals surface area contributed by atoms with Crippen molar-refractivity contribution in [3.63, 3.8) is 0 Å². The second-order valence-electron chi connectivity index (χ2n) is 2.59. The van der Waals surface area contributed by atoms with E-state index in [1.807, 2.05) is 12.1 Å². The van der Waals surface area contributed by atoms with E-state index in [9.17, 15) is 0 Å². The molecular weight excluding hydrogens is 168 g/mol. The number of halogens is 1. The highest BCUT2D eigenvalue weighted by molar-refractivity contribution is 6.19. The summed E-state index contributed by atoms with van der Waals surface area (Å²) in [5, 5.41) is 0. The van der Waals surface area contributed by atoms with Gasteiger partial charge in [-0.25, -0.2) is 0 Å². The van der Waals surface area contributed by atoms with Crippen molar-refractivity contribution in [2.45, 2.75) is 13.3 Å². The summed E-state index contributed by atoms with van der Waals surface area (Å²) in [4.78, 5) is 0. The predicted octanol–water partition coefficient (Wildman–Crippen LogP) is 2.78. The summed E-state index contributed by atoms with van der Waals surface area (Å²) in [5.74, 6) is 6.27. The zero-order chi connectivity index (χ0) is 8.81. The fraction of sp³-hybridized carbons (Fsp3) is 0.273. The highest BCUT2D eigenvalue weighted by Gasteiger charge is 1.91. The highest BCUT2D eigenvalue weighted by atomic mass is 35.5. The van der Waals surface area contributed by atoms with Gasteiger partial charge in [-0.2, -0.15) is 0 Å². The minimum absolute atomic E-state index is 0.423. The molecule has 0 nitrogen and oxygen atoms in total. The van der Waals surface area contributed by atoms with Gasteiger partial charge in [0.25, 0.3) is 0 Å². The molecule has 0 amide bonds. The number of hydrogen-bond acceptors (Lipinski definition) is 0. The molecule has 1 aromatic rings. The Morgan fingerprint density at radius 1 is 1.25 bits per heavy atom. The molecule has 12 heavy (non-hydrogen) atoms. The van der Waals surface area contributed by atoms with Gasteiger partial charge in [-0.15, -0.1) is 11.6 Å². The highest BCUT2D eigenvalue weighted by Crippen LogP contribution is 2.06. The van der Waals surface area contributed by atoms with Crippen LogP contribution in [0.5, 0.6) is 0 Å². The van der Waals surface area contributed by atoms with Crippen molar-refractivity contribution in [3.05, 3.63) is 35.4 Å². The Balaban J connectivity index is 2.69. The molecule has 1 aromatic carbocycles. The van der Waals surface area contributed by atoms with Crippen molar-refractivity contribution >= 4 is 11.6 Å². The first kappa shape index (κ1) is 9.16. The molecule has 0 aliphatic rings. The topological polar surface area (TPSA) is 0 Å². The van der Waals surface area contributed by atoms with Crippen molar-refractivity contribution in [3.8, 4) is 11.8 Å². The van der Waals surface area contributed by atoms with Crippen LogP contribution in [0.15, 0.2) is 24.3 Å². The van der Waals surface area contributed by atoms with Crippen molar-refractivity contribution in [2.75, 3.05) is 5.88 Å². The molecule has 0 radical (unpaired) electrons. The SMILES string of the molecule is Cc1ccccc1CC#CCCl. The molecule has 0 spiro atoms. The molecule has 1 rings (SSSR count). The van der Waals surface area contributed by atoms with Gasteiger partial charge in [0.2, 0.25) is 0 Å². The molecule has 0 aliphatic heterocycles. The van der Waals surface area contributed by atoms with Gasteiger partial charge in [0.1, 0.15) is 0 Å². The van der Waals surface area contributed by atoms with E-state index in [4.69, 9.17) is 11.6 Å². The van der Waals surface area contributed by atoms with Crippen molar-refractivity contribution in [1.82, 2.24) is 0 Å². The van der Waals surface area contributed by atoms with E-state index in [-0.39, 0.29) is 0 Å². The molecule has 1 heteroatoms. The molecule has 0 aromatic heterocycles. The molecule has 0 heterocycles. The lowest BCUT2D eigenvalue weighted by atomic mass is 10.1. The molecule has 0 bridgehead atoms. The van der Waals surface area contributed by atoms with Crippen molar-refractivity contribution < 1.29 is 0 Å². The molecule has 0 unspecified atom stereocenters. The fourth-order valence-electron chi connectivity index (χ4n) is 1.01. The van der Waals surface area contributed by atoms with Crippen molar-refractivity contribution in [2.24, 2.45) is 0 Å². The number of alkyl halides is 1. The minimum Gasteiger partial charge on any atom is -0.113 e. The first-order chi connectivity index (χ1) is 5.84. The summed E-state index contributed by atoms with van der Waals surface area (Å²) in [6, 6.07) is 8.26. The third-order valence-electron chi connectivity index (χ3n) is 1.73. The smallest absolute Gasteiger partial charge is 0.0835 e. The van der Waals surface area contributed by atoms with Crippen LogP contribution in [-0.2, 0) is 6.42 Å². The Labute approximate surface area is 78.6 Å². The molecule has 0 aliphatic carbocycles. The average molecular weight is 179 g/mol. The summed E-state index contributed by atoms with van der Waals surface area (Å²) in [7, 11) is 0. The van der Waals surface area contributed by atoms with Gasteiger partial charge in [-0.1, -0.05) is 36.1 Å². The number of aryl methyl sites for hydroxylation is 1. The van der Waals surface area contributed by atoms with Crippen LogP contribution in [0.3, 0.4) is 0 Å². The molecule has 0 atom stereocenters. The first-order valence-electron chi connectivity index (χ1n) is 3.91. The first-order valence-corrected chi connectivity index (χ1v) is 4.44. The second kappa shape index (κ2) is 4.85. The Bertz CT molecular complexity index is 304. The van der Waals surface area contributed by atoms with Crippen LogP contribution in [0.1, 0.15) is 11.1 Å². The van der Waals surface area contributed by atoms with Gasteiger partial charge in [-0.05, 0) is 18.1 Å². The number of benzene rings is 1. The van der Waals surface area contributed by atoms with Gasteiger partial charge in [0, 0.05) is 6.42 Å². The van der Waals surface area contributed by atoms with E-state index in [1.165, 1.54) is 11.1 Å². The predicted molar refractivity (Wildman–Crippen MR) is 53.4 cm³/mol. The summed E-state index contributed by atoms with van der Waals surface area (Å²) in [6.45, 7) is 2.09. The fourth-order valence-corrected chi connectivity index (χ4v) is 1.11. The van der Waals surface area contributed by atoms with Gasteiger partial charge in [0.05, 0.1) is 5.88 Å². The maximum Gasteiger partial charge on any atom is 0.0835 e. The molecule has 0 fully saturated rings. The molecular formula is C11H11Cl. The third kappa shape index (κ3) is 2.60. The summed E-state index contributed by atoms with van der Waals surface area (Å²) in [6.07, 6.45) is 0.805. The van der Waals surface area contributed by atoms with Crippen LogP contribution in [-0.4, -0.2) is 5.88 Å². The summed E-state index contributed by atoms with van der Waals surface area (Å²) >= 11 is 5.43. The van der Waals surface area contributed by atoms with Gasteiger partial charge in [0.15, 0.2) is 0 Å². The van der Waals surface area contributed by atoms with E-state index < -0.39 is 0 Å². The van der Waals surface area contributed by atoms with E-state index >= 15 is 0 Å². The quantitative estimate of drug-likeness (QED) is 0.458. The Hall–Kier alpha value is -0.930. The zero-order valence-electron chi connectivity index (χ0n) is 7.10. The van der Waals surface area contributed by atoms with E-state index in [0.29, 0.717) is 5.88 Å². The van der Waals surface area contributed by atoms with Crippen LogP contribution in [0.2, 0.25) is 0 Å². The van der Waals surface area contributed by atoms with Crippen LogP contribution < -0.4 is 0 Å². The number of rotatable bonds is 1. The lowest BCUT2D eigenvalue weighted by molar-refractivity contribution is 1.25. The standard InChI is InChI=1S/C11H11Cl/c1-10-6-2-3-7-11(10)8-4-5-9-12/h2-3,6-7H,8-9H2,1H3. The Morgan fingerprint density at radius 2 is 2.00 bits per heavy atom. The largest absolute Gasteiger partial charge is 0.113 e. The Kier molecular flexibility index (Phi) is 3.70. The third-order valence-corrected chi connectivity index (χ3v) is 1.87. The van der Waals surface area contributed by atoms with Gasteiger partial charge < -0.3 is 0 Å². The molecule has 62 valence electrons. The number of hydrogen-bond donors (Lipinski definition) is 0. The van der Waals surface area contributed by atoms with E-state index in [0.717, 1.165) is 6.42 Å². The van der Waals surface area contributed by atoms with Crippen LogP contribution in [0.25, 0.3) is 0 Å². The van der Waals surface area contributed by atoms with Crippen molar-refractivity contribution in [1.29, 1.82) is 0 Å². The lowest BCUT2D eigenvalue weighted by Crippen LogP contribution is -1.85. The van der Waals surface area contributed by atoms with Gasteiger partial charge in [-0.3, -0.25) is 0 Å². The van der Waals surface area contributed by atoms with Crippen LogP contribution in [0.4, 0.5) is 0 Å². The summed E-state index contributed by atoms with van der Waals surface area (Å²) in [5.41, 5.74) is 2.58. The maximum absolute atomic E-state index is 5.43. The Morgan fingerprint density at radius 3 is 2.67 bits per heavy atom. The molecule has 0 saturated carbocycles.